The third kappa shape index (κ3) is 10.7. The van der Waals surface area contributed by atoms with Gasteiger partial charge in [-0.1, -0.05) is 72.8 Å². The van der Waals surface area contributed by atoms with Crippen LogP contribution in [0, 0.1) is 0 Å². The van der Waals surface area contributed by atoms with E-state index in [-0.39, 0.29) is 0 Å². The molecule has 0 heterocycles. The minimum atomic E-state index is -5.05. The van der Waals surface area contributed by atoms with Crippen LogP contribution in [0.5, 0.6) is 0 Å². The predicted molar refractivity (Wildman–Crippen MR) is 87.0 cm³/mol. The molecule has 0 aliphatic carbocycles. The molecule has 23 heavy (non-hydrogen) atoms. The van der Waals surface area contributed by atoms with Crippen molar-refractivity contribution < 1.29 is 33.0 Å². The summed E-state index contributed by atoms with van der Waals surface area (Å²) in [6.07, 6.45) is 4.24. The van der Waals surface area contributed by atoms with Crippen LogP contribution in [0.15, 0.2) is 60.7 Å². The van der Waals surface area contributed by atoms with Crippen molar-refractivity contribution in [1.29, 1.82) is 0 Å². The average Bonchev–Trinajstić information content (AvgIpc) is 2.44. The number of hydrogen-bond donors (Lipinski definition) is 4. The minimum Gasteiger partial charge on any atom is -0.302 e. The van der Waals surface area contributed by atoms with Crippen molar-refractivity contribution in [2.24, 2.45) is 0 Å². The van der Waals surface area contributed by atoms with Gasteiger partial charge < -0.3 is 19.6 Å². The highest BCUT2D eigenvalue weighted by atomic mass is 31.3. The number of hydrogen-bond acceptors (Lipinski definition) is 3. The number of rotatable bonds is 4. The molecule has 124 valence electrons. The zero-order valence-electron chi connectivity index (χ0n) is 11.8. The Morgan fingerprint density at radius 2 is 0.957 bits per heavy atom. The summed E-state index contributed by atoms with van der Waals surface area (Å²) in [5.74, 6) is 0. The molecule has 0 aliphatic rings. The first-order valence-electron chi connectivity index (χ1n) is 6.26. The third-order valence-corrected chi connectivity index (χ3v) is 3.98. The van der Waals surface area contributed by atoms with Gasteiger partial charge in [-0.15, -0.1) is 0 Å². The Balaban J connectivity index is 0.000000257. The molecule has 0 unspecified atom stereocenters. The van der Waals surface area contributed by atoms with E-state index in [0.29, 0.717) is 0 Å². The van der Waals surface area contributed by atoms with Crippen LogP contribution in [0.4, 0.5) is 0 Å². The summed E-state index contributed by atoms with van der Waals surface area (Å²) in [6.45, 7) is 0. The zero-order chi connectivity index (χ0) is 17.3. The van der Waals surface area contributed by atoms with E-state index in [1.807, 2.05) is 36.4 Å². The van der Waals surface area contributed by atoms with Gasteiger partial charge >= 0.3 is 15.6 Å². The fourth-order valence-corrected chi connectivity index (χ4v) is 2.57. The predicted octanol–water partition coefficient (Wildman–Crippen LogP) is 3.05. The lowest BCUT2D eigenvalue weighted by Gasteiger charge is -2.03. The molecule has 0 saturated heterocycles. The Morgan fingerprint density at radius 3 is 1.17 bits per heavy atom. The van der Waals surface area contributed by atoms with Gasteiger partial charge in [0, 0.05) is 0 Å². The molecule has 0 atom stereocenters. The summed E-state index contributed by atoms with van der Waals surface area (Å²) < 4.78 is 22.2. The van der Waals surface area contributed by atoms with Crippen molar-refractivity contribution in [1.82, 2.24) is 0 Å². The summed E-state index contributed by atoms with van der Waals surface area (Å²) in [7, 11) is -10.1. The number of phosphoric acid groups is 2. The lowest BCUT2D eigenvalue weighted by molar-refractivity contribution is 0.225. The summed E-state index contributed by atoms with van der Waals surface area (Å²) in [5.41, 5.74) is 2.47. The van der Waals surface area contributed by atoms with Gasteiger partial charge in [-0.2, -0.15) is 4.31 Å². The fourth-order valence-electron chi connectivity index (χ4n) is 1.46. The van der Waals surface area contributed by atoms with Crippen LogP contribution in [0.25, 0.3) is 12.2 Å². The van der Waals surface area contributed by atoms with E-state index in [1.165, 1.54) is 11.1 Å². The molecule has 2 aromatic rings. The molecular weight excluding hydrogens is 342 g/mol. The second-order valence-electron chi connectivity index (χ2n) is 4.22. The molecule has 9 heteroatoms. The van der Waals surface area contributed by atoms with E-state index < -0.39 is 15.6 Å². The Bertz CT molecular complexity index is 643. The molecule has 4 N–H and O–H groups in total. The van der Waals surface area contributed by atoms with Gasteiger partial charge in [-0.3, -0.25) is 0 Å². The van der Waals surface area contributed by atoms with Gasteiger partial charge in [0.15, 0.2) is 0 Å². The maximum atomic E-state index is 9.63. The van der Waals surface area contributed by atoms with Gasteiger partial charge in [0.1, 0.15) is 0 Å². The van der Waals surface area contributed by atoms with E-state index in [9.17, 15) is 9.13 Å². The van der Waals surface area contributed by atoms with E-state index in [0.717, 1.165) is 0 Å². The summed E-state index contributed by atoms with van der Waals surface area (Å²) in [5, 5.41) is 0. The van der Waals surface area contributed by atoms with Gasteiger partial charge in [-0.05, 0) is 11.1 Å². The molecule has 0 amide bonds. The van der Waals surface area contributed by atoms with Crippen LogP contribution in [0.2, 0.25) is 0 Å². The third-order valence-electron chi connectivity index (χ3n) is 2.28. The van der Waals surface area contributed by atoms with Crippen molar-refractivity contribution in [3.05, 3.63) is 71.8 Å². The minimum absolute atomic E-state index is 1.23. The lowest BCUT2D eigenvalue weighted by atomic mass is 10.1. The first kappa shape index (κ1) is 19.5. The first-order chi connectivity index (χ1) is 10.7. The highest BCUT2D eigenvalue weighted by molar-refractivity contribution is 7.60. The average molecular weight is 358 g/mol. The van der Waals surface area contributed by atoms with Gasteiger partial charge in [0.25, 0.3) is 0 Å². The standard InChI is InChI=1S/C14H12.H4O7P2/c1-3-7-13(8-4-1)11-12-14-9-5-2-6-10-14;1-8(2,3)7-9(4,5)6/h1-12H;(H2,1,2,3)(H2,4,5,6). The van der Waals surface area contributed by atoms with Crippen molar-refractivity contribution in [3.8, 4) is 0 Å². The largest absolute Gasteiger partial charge is 0.478 e. The van der Waals surface area contributed by atoms with Crippen LogP contribution < -0.4 is 0 Å². The molecule has 7 nitrogen and oxygen atoms in total. The van der Waals surface area contributed by atoms with Crippen molar-refractivity contribution in [2.45, 2.75) is 0 Å². The van der Waals surface area contributed by atoms with Gasteiger partial charge in [0.05, 0.1) is 0 Å². The summed E-state index contributed by atoms with van der Waals surface area (Å²) in [6, 6.07) is 20.6. The molecule has 2 aromatic carbocycles. The quantitative estimate of drug-likeness (QED) is 0.489. The lowest BCUT2D eigenvalue weighted by Crippen LogP contribution is -1.84. The van der Waals surface area contributed by atoms with Crippen molar-refractivity contribution >= 4 is 27.8 Å². The van der Waals surface area contributed by atoms with Gasteiger partial charge in [0.2, 0.25) is 0 Å². The first-order valence-corrected chi connectivity index (χ1v) is 9.32. The second-order valence-corrected chi connectivity index (χ2v) is 6.83. The molecule has 0 aromatic heterocycles. The van der Waals surface area contributed by atoms with Gasteiger partial charge in [-0.25, -0.2) is 9.13 Å². The Hall–Kier alpha value is -1.56. The Morgan fingerprint density at radius 1 is 0.652 bits per heavy atom. The Kier molecular flexibility index (Phi) is 7.55. The molecule has 0 aliphatic heterocycles. The van der Waals surface area contributed by atoms with E-state index in [4.69, 9.17) is 19.6 Å². The highest BCUT2D eigenvalue weighted by Gasteiger charge is 2.27. The van der Waals surface area contributed by atoms with E-state index >= 15 is 0 Å². The van der Waals surface area contributed by atoms with Crippen LogP contribution in [-0.4, -0.2) is 19.6 Å². The zero-order valence-corrected chi connectivity index (χ0v) is 13.6. The van der Waals surface area contributed by atoms with Crippen LogP contribution >= 0.6 is 15.6 Å². The van der Waals surface area contributed by atoms with Crippen LogP contribution in [0.1, 0.15) is 11.1 Å². The molecule has 0 radical (unpaired) electrons. The van der Waals surface area contributed by atoms with Crippen LogP contribution in [0.3, 0.4) is 0 Å². The smallest absolute Gasteiger partial charge is 0.302 e. The summed E-state index contributed by atoms with van der Waals surface area (Å²) in [4.78, 5) is 31.0. The maximum absolute atomic E-state index is 9.63. The molecule has 0 fully saturated rings. The highest BCUT2D eigenvalue weighted by Crippen LogP contribution is 2.53. The molecule has 0 saturated carbocycles. The second kappa shape index (κ2) is 8.91. The molecular formula is C14H16O7P2. The SMILES string of the molecule is C(=Cc1ccccc1)c1ccccc1.O=P(O)(O)OP(=O)(O)O. The molecule has 0 bridgehead atoms. The van der Waals surface area contributed by atoms with E-state index in [1.54, 1.807) is 0 Å². The summed E-state index contributed by atoms with van der Waals surface area (Å²) >= 11 is 0. The topological polar surface area (TPSA) is 124 Å². The molecule has 2 rings (SSSR count). The normalized spacial score (nSPS) is 11.8. The monoisotopic (exact) mass is 358 g/mol. The molecule has 0 spiro atoms. The van der Waals surface area contributed by atoms with Crippen LogP contribution in [-0.2, 0) is 13.4 Å². The van der Waals surface area contributed by atoms with Crippen molar-refractivity contribution in [3.63, 3.8) is 0 Å². The Labute approximate surface area is 133 Å². The number of benzene rings is 2. The van der Waals surface area contributed by atoms with E-state index in [2.05, 4.69) is 40.7 Å². The van der Waals surface area contributed by atoms with Crippen molar-refractivity contribution in [2.75, 3.05) is 0 Å². The maximum Gasteiger partial charge on any atom is 0.478 e. The fraction of sp³-hybridized carbons (Fsp3) is 0.